The maximum absolute atomic E-state index is 12.0. The molecule has 8 heteroatoms. The number of thioether (sulfide) groups is 1. The number of hydrogen-bond donors (Lipinski definition) is 2. The molecule has 2 aliphatic heterocycles. The van der Waals surface area contributed by atoms with Crippen molar-refractivity contribution in [3.8, 4) is 0 Å². The summed E-state index contributed by atoms with van der Waals surface area (Å²) in [5, 5.41) is 3.59. The number of Topliss-reactive ketones (excluding diaryl/α,β-unsaturated/α-hetero) is 1. The third-order valence-corrected chi connectivity index (χ3v) is 6.62. The van der Waals surface area contributed by atoms with Gasteiger partial charge in [0.1, 0.15) is 5.78 Å². The largest absolute Gasteiger partial charge is 0.379 e. The molecule has 7 nitrogen and oxygen atoms in total. The SMILES string of the molecule is CCN1C(=O)N[C@H]2CS[C@@H](CCCCC(=O)CCCOCCOCCN)[C@H]21. The molecule has 0 unspecified atom stereocenters. The van der Waals surface area contributed by atoms with Crippen molar-refractivity contribution in [3.63, 3.8) is 0 Å². The van der Waals surface area contributed by atoms with Gasteiger partial charge in [-0.2, -0.15) is 11.8 Å². The van der Waals surface area contributed by atoms with Gasteiger partial charge in [-0.1, -0.05) is 6.42 Å². The highest BCUT2D eigenvalue weighted by molar-refractivity contribution is 8.00. The predicted molar refractivity (Wildman–Crippen MR) is 108 cm³/mol. The number of carbonyl (C=O) groups excluding carboxylic acids is 2. The van der Waals surface area contributed by atoms with Crippen molar-refractivity contribution in [2.75, 3.05) is 45.3 Å². The third kappa shape index (κ3) is 7.25. The lowest BCUT2D eigenvalue weighted by molar-refractivity contribution is -0.119. The van der Waals surface area contributed by atoms with Gasteiger partial charge in [-0.3, -0.25) is 4.79 Å². The summed E-state index contributed by atoms with van der Waals surface area (Å²) in [5.41, 5.74) is 5.33. The molecule has 2 heterocycles. The zero-order valence-electron chi connectivity index (χ0n) is 16.5. The molecule has 2 amide bonds. The molecule has 0 aromatic heterocycles. The van der Waals surface area contributed by atoms with Gasteiger partial charge in [-0.05, 0) is 26.2 Å². The Labute approximate surface area is 167 Å². The second-order valence-electron chi connectivity index (χ2n) is 7.11. The Morgan fingerprint density at radius 3 is 2.67 bits per heavy atom. The lowest BCUT2D eigenvalue weighted by atomic mass is 10.0. The van der Waals surface area contributed by atoms with E-state index < -0.39 is 0 Å². The summed E-state index contributed by atoms with van der Waals surface area (Å²) in [4.78, 5) is 25.9. The van der Waals surface area contributed by atoms with Gasteiger partial charge in [0.25, 0.3) is 0 Å². The number of nitrogens with one attached hydrogen (secondary N) is 1. The molecule has 27 heavy (non-hydrogen) atoms. The van der Waals surface area contributed by atoms with Crippen molar-refractivity contribution in [2.24, 2.45) is 5.73 Å². The van der Waals surface area contributed by atoms with E-state index in [0.717, 1.165) is 38.0 Å². The number of ether oxygens (including phenoxy) is 2. The number of likely N-dealkylation sites (N-methyl/N-ethyl adjacent to an activating group) is 1. The Kier molecular flexibility index (Phi) is 10.5. The number of carbonyl (C=O) groups is 2. The highest BCUT2D eigenvalue weighted by Crippen LogP contribution is 2.37. The summed E-state index contributed by atoms with van der Waals surface area (Å²) in [6.07, 6.45) is 5.09. The van der Waals surface area contributed by atoms with E-state index in [2.05, 4.69) is 5.32 Å². The molecule has 0 bridgehead atoms. The Morgan fingerprint density at radius 1 is 1.19 bits per heavy atom. The van der Waals surface area contributed by atoms with Crippen LogP contribution in [0, 0.1) is 0 Å². The lowest BCUT2D eigenvalue weighted by Gasteiger charge is -2.26. The van der Waals surface area contributed by atoms with E-state index in [1.165, 1.54) is 0 Å². The maximum Gasteiger partial charge on any atom is 0.318 e. The standard InChI is InChI=1S/C19H35N3O4S/c1-2-22-18-16(21-19(22)24)14-27-17(18)8-4-3-6-15(23)7-5-10-25-12-13-26-11-9-20/h16-18H,2-14,20H2,1H3,(H,21,24)/t16-,17-,18-/m0/s1. The average Bonchev–Trinajstić information content (AvgIpc) is 3.18. The maximum atomic E-state index is 12.0. The zero-order valence-corrected chi connectivity index (χ0v) is 17.3. The highest BCUT2D eigenvalue weighted by Gasteiger charge is 2.47. The molecule has 3 N–H and O–H groups in total. The average molecular weight is 402 g/mol. The third-order valence-electron chi connectivity index (χ3n) is 5.13. The normalized spacial score (nSPS) is 24.3. The minimum absolute atomic E-state index is 0.0844. The van der Waals surface area contributed by atoms with E-state index in [0.29, 0.717) is 68.9 Å². The van der Waals surface area contributed by atoms with Gasteiger partial charge in [0.2, 0.25) is 0 Å². The monoisotopic (exact) mass is 401 g/mol. The van der Waals surface area contributed by atoms with E-state index in [1.54, 1.807) is 0 Å². The minimum Gasteiger partial charge on any atom is -0.379 e. The Balaban J connectivity index is 1.48. The van der Waals surface area contributed by atoms with Gasteiger partial charge in [0.15, 0.2) is 0 Å². The minimum atomic E-state index is 0.0844. The van der Waals surface area contributed by atoms with E-state index in [-0.39, 0.29) is 6.03 Å². The van der Waals surface area contributed by atoms with Gasteiger partial charge in [-0.15, -0.1) is 0 Å². The van der Waals surface area contributed by atoms with Crippen LogP contribution in [0.25, 0.3) is 0 Å². The Bertz CT molecular complexity index is 466. The van der Waals surface area contributed by atoms with Crippen LogP contribution in [-0.4, -0.2) is 79.3 Å². The molecular formula is C19H35N3O4S. The van der Waals surface area contributed by atoms with Gasteiger partial charge in [-0.25, -0.2) is 4.79 Å². The first kappa shape index (κ1) is 22.5. The summed E-state index contributed by atoms with van der Waals surface area (Å²) < 4.78 is 10.7. The number of nitrogens with zero attached hydrogens (tertiary/aromatic N) is 1. The molecule has 0 aromatic carbocycles. The van der Waals surface area contributed by atoms with Crippen LogP contribution in [0.5, 0.6) is 0 Å². The zero-order chi connectivity index (χ0) is 19.5. The van der Waals surface area contributed by atoms with E-state index in [9.17, 15) is 9.59 Å². The molecular weight excluding hydrogens is 366 g/mol. The molecule has 0 aliphatic carbocycles. The molecule has 0 saturated carbocycles. The topological polar surface area (TPSA) is 93.9 Å². The summed E-state index contributed by atoms with van der Waals surface area (Å²) >= 11 is 1.97. The Hall–Kier alpha value is -0.830. The number of unbranched alkanes of at least 4 members (excludes halogenated alkanes) is 1. The van der Waals surface area contributed by atoms with E-state index in [1.807, 2.05) is 23.6 Å². The number of amides is 2. The van der Waals surface area contributed by atoms with Crippen molar-refractivity contribution in [1.29, 1.82) is 0 Å². The van der Waals surface area contributed by atoms with Crippen LogP contribution >= 0.6 is 11.8 Å². The van der Waals surface area contributed by atoms with Crippen molar-refractivity contribution in [3.05, 3.63) is 0 Å². The van der Waals surface area contributed by atoms with Gasteiger partial charge in [0, 0.05) is 43.5 Å². The first-order chi connectivity index (χ1) is 13.2. The van der Waals surface area contributed by atoms with E-state index >= 15 is 0 Å². The molecule has 0 radical (unpaired) electrons. The summed E-state index contributed by atoms with van der Waals surface area (Å²) in [6.45, 7) is 5.62. The first-order valence-corrected chi connectivity index (χ1v) is 11.3. The predicted octanol–water partition coefficient (Wildman–Crippen LogP) is 1.79. The van der Waals surface area contributed by atoms with Crippen molar-refractivity contribution >= 4 is 23.6 Å². The quantitative estimate of drug-likeness (QED) is 0.321. The van der Waals surface area contributed by atoms with Crippen LogP contribution in [0.4, 0.5) is 4.79 Å². The fourth-order valence-electron chi connectivity index (χ4n) is 3.78. The lowest BCUT2D eigenvalue weighted by Crippen LogP contribution is -2.40. The second-order valence-corrected chi connectivity index (χ2v) is 8.38. The molecule has 2 saturated heterocycles. The fraction of sp³-hybridized carbons (Fsp3) is 0.895. The summed E-state index contributed by atoms with van der Waals surface area (Å²) in [5.74, 6) is 1.33. The number of rotatable bonds is 15. The molecule has 0 aromatic rings. The van der Waals surface area contributed by atoms with Gasteiger partial charge in [0.05, 0.1) is 31.9 Å². The molecule has 2 fully saturated rings. The molecule has 2 aliphatic rings. The molecule has 3 atom stereocenters. The smallest absolute Gasteiger partial charge is 0.318 e. The number of hydrogen-bond acceptors (Lipinski definition) is 6. The summed E-state index contributed by atoms with van der Waals surface area (Å²) in [7, 11) is 0. The molecule has 156 valence electrons. The molecule has 2 rings (SSSR count). The van der Waals surface area contributed by atoms with Crippen LogP contribution in [0.1, 0.15) is 45.4 Å². The van der Waals surface area contributed by atoms with Crippen molar-refractivity contribution in [2.45, 2.75) is 62.8 Å². The molecule has 0 spiro atoms. The van der Waals surface area contributed by atoms with Crippen LogP contribution < -0.4 is 11.1 Å². The van der Waals surface area contributed by atoms with Crippen LogP contribution in [0.2, 0.25) is 0 Å². The highest BCUT2D eigenvalue weighted by atomic mass is 32.2. The summed E-state index contributed by atoms with van der Waals surface area (Å²) in [6, 6.07) is 0.713. The van der Waals surface area contributed by atoms with Crippen LogP contribution in [0.15, 0.2) is 0 Å². The first-order valence-electron chi connectivity index (χ1n) is 10.2. The second kappa shape index (κ2) is 12.6. The van der Waals surface area contributed by atoms with Crippen LogP contribution in [0.3, 0.4) is 0 Å². The van der Waals surface area contributed by atoms with Crippen molar-refractivity contribution in [1.82, 2.24) is 10.2 Å². The van der Waals surface area contributed by atoms with Crippen LogP contribution in [-0.2, 0) is 14.3 Å². The number of fused-ring (bicyclic) bond motifs is 1. The number of urea groups is 1. The Morgan fingerprint density at radius 2 is 1.93 bits per heavy atom. The number of nitrogens with two attached hydrogens (primary N) is 1. The van der Waals surface area contributed by atoms with Crippen molar-refractivity contribution < 1.29 is 19.1 Å². The van der Waals surface area contributed by atoms with Gasteiger partial charge >= 0.3 is 6.03 Å². The van der Waals surface area contributed by atoms with Gasteiger partial charge < -0.3 is 25.4 Å². The fourth-order valence-corrected chi connectivity index (χ4v) is 5.39. The van der Waals surface area contributed by atoms with E-state index in [4.69, 9.17) is 15.2 Å². The number of ketones is 1.